The number of aromatic nitrogens is 1. The second kappa shape index (κ2) is 6.47. The standard InChI is InChI=1S/C11H13ClN2OS2/c1-15-3-2-13-5-11-14-9(7-17-11)8-4-10(12)16-6-8/h4,6-7,13H,2-3,5H2,1H3. The quantitative estimate of drug-likeness (QED) is 0.829. The molecule has 2 aromatic rings. The van der Waals surface area contributed by atoms with Crippen LogP contribution in [-0.4, -0.2) is 25.2 Å². The van der Waals surface area contributed by atoms with Gasteiger partial charge in [0.25, 0.3) is 0 Å². The molecule has 0 aliphatic rings. The third-order valence-electron chi connectivity index (χ3n) is 2.17. The maximum absolute atomic E-state index is 5.90. The summed E-state index contributed by atoms with van der Waals surface area (Å²) in [5.74, 6) is 0. The van der Waals surface area contributed by atoms with Gasteiger partial charge in [0.15, 0.2) is 0 Å². The lowest BCUT2D eigenvalue weighted by molar-refractivity contribution is 0.199. The minimum Gasteiger partial charge on any atom is -0.383 e. The van der Waals surface area contributed by atoms with Crippen LogP contribution in [0.15, 0.2) is 16.8 Å². The molecule has 2 rings (SSSR count). The maximum Gasteiger partial charge on any atom is 0.107 e. The van der Waals surface area contributed by atoms with Crippen molar-refractivity contribution in [1.82, 2.24) is 10.3 Å². The van der Waals surface area contributed by atoms with Gasteiger partial charge in [-0.1, -0.05) is 11.6 Å². The van der Waals surface area contributed by atoms with Gasteiger partial charge in [-0.25, -0.2) is 4.98 Å². The molecule has 3 nitrogen and oxygen atoms in total. The Bertz CT molecular complexity index is 469. The summed E-state index contributed by atoms with van der Waals surface area (Å²) in [6, 6.07) is 1.95. The predicted molar refractivity (Wildman–Crippen MR) is 74.0 cm³/mol. The second-order valence-electron chi connectivity index (χ2n) is 3.44. The van der Waals surface area contributed by atoms with Crippen LogP contribution in [-0.2, 0) is 11.3 Å². The highest BCUT2D eigenvalue weighted by Crippen LogP contribution is 2.29. The molecule has 2 aromatic heterocycles. The van der Waals surface area contributed by atoms with Crippen molar-refractivity contribution in [2.75, 3.05) is 20.3 Å². The van der Waals surface area contributed by atoms with Crippen LogP contribution in [0.4, 0.5) is 0 Å². The highest BCUT2D eigenvalue weighted by Gasteiger charge is 2.06. The fourth-order valence-electron chi connectivity index (χ4n) is 1.34. The summed E-state index contributed by atoms with van der Waals surface area (Å²) in [5.41, 5.74) is 2.10. The molecule has 0 unspecified atom stereocenters. The topological polar surface area (TPSA) is 34.1 Å². The van der Waals surface area contributed by atoms with Gasteiger partial charge in [0.1, 0.15) is 5.01 Å². The molecule has 1 N–H and O–H groups in total. The van der Waals surface area contributed by atoms with E-state index in [0.717, 1.165) is 40.3 Å². The van der Waals surface area contributed by atoms with Crippen LogP contribution in [0.3, 0.4) is 0 Å². The highest BCUT2D eigenvalue weighted by atomic mass is 35.5. The first-order valence-corrected chi connectivity index (χ1v) is 7.32. The normalized spacial score (nSPS) is 10.9. The lowest BCUT2D eigenvalue weighted by atomic mass is 10.3. The van der Waals surface area contributed by atoms with Crippen LogP contribution in [0.5, 0.6) is 0 Å². The second-order valence-corrected chi connectivity index (χ2v) is 5.92. The molecule has 0 saturated heterocycles. The van der Waals surface area contributed by atoms with Crippen LogP contribution in [0.1, 0.15) is 5.01 Å². The van der Waals surface area contributed by atoms with Gasteiger partial charge in [0.05, 0.1) is 16.6 Å². The SMILES string of the molecule is COCCNCc1nc(-c2csc(Cl)c2)cs1. The Kier molecular flexibility index (Phi) is 4.94. The molecule has 0 aromatic carbocycles. The van der Waals surface area contributed by atoms with Crippen molar-refractivity contribution in [2.45, 2.75) is 6.54 Å². The van der Waals surface area contributed by atoms with Gasteiger partial charge in [-0.15, -0.1) is 22.7 Å². The first-order valence-electron chi connectivity index (χ1n) is 5.18. The van der Waals surface area contributed by atoms with E-state index in [0.29, 0.717) is 0 Å². The zero-order chi connectivity index (χ0) is 12.1. The van der Waals surface area contributed by atoms with Crippen molar-refractivity contribution < 1.29 is 4.74 Å². The Balaban J connectivity index is 1.92. The van der Waals surface area contributed by atoms with E-state index in [-0.39, 0.29) is 0 Å². The van der Waals surface area contributed by atoms with Gasteiger partial charge in [-0.3, -0.25) is 0 Å². The molecule has 2 heterocycles. The average Bonchev–Trinajstić information content (AvgIpc) is 2.93. The summed E-state index contributed by atoms with van der Waals surface area (Å²) < 4.78 is 5.76. The number of hydrogen-bond donors (Lipinski definition) is 1. The molecule has 0 saturated carbocycles. The van der Waals surface area contributed by atoms with Crippen LogP contribution in [0, 0.1) is 0 Å². The number of thiazole rings is 1. The largest absolute Gasteiger partial charge is 0.383 e. The van der Waals surface area contributed by atoms with E-state index in [9.17, 15) is 0 Å². The fourth-order valence-corrected chi connectivity index (χ4v) is 2.99. The van der Waals surface area contributed by atoms with Gasteiger partial charge in [-0.05, 0) is 6.07 Å². The Morgan fingerprint density at radius 3 is 3.00 bits per heavy atom. The summed E-state index contributed by atoms with van der Waals surface area (Å²) in [5, 5.41) is 8.44. The lowest BCUT2D eigenvalue weighted by Crippen LogP contribution is -2.18. The van der Waals surface area contributed by atoms with E-state index < -0.39 is 0 Å². The van der Waals surface area contributed by atoms with Crippen LogP contribution in [0.2, 0.25) is 4.34 Å². The van der Waals surface area contributed by atoms with Gasteiger partial charge in [-0.2, -0.15) is 0 Å². The van der Waals surface area contributed by atoms with E-state index in [1.165, 1.54) is 11.3 Å². The van der Waals surface area contributed by atoms with Crippen molar-refractivity contribution >= 4 is 34.3 Å². The van der Waals surface area contributed by atoms with Crippen molar-refractivity contribution in [3.63, 3.8) is 0 Å². The van der Waals surface area contributed by atoms with E-state index in [2.05, 4.69) is 15.7 Å². The molecule has 0 aliphatic carbocycles. The molecular weight excluding hydrogens is 276 g/mol. The van der Waals surface area contributed by atoms with Gasteiger partial charge in [0, 0.05) is 36.5 Å². The monoisotopic (exact) mass is 288 g/mol. The Morgan fingerprint density at radius 2 is 2.29 bits per heavy atom. The average molecular weight is 289 g/mol. The van der Waals surface area contributed by atoms with Crippen LogP contribution in [0.25, 0.3) is 11.3 Å². The number of nitrogens with zero attached hydrogens (tertiary/aromatic N) is 1. The van der Waals surface area contributed by atoms with Crippen molar-refractivity contribution in [3.05, 3.63) is 26.2 Å². The molecule has 92 valence electrons. The lowest BCUT2D eigenvalue weighted by Gasteiger charge is -2.00. The molecule has 0 spiro atoms. The van der Waals surface area contributed by atoms with E-state index in [4.69, 9.17) is 16.3 Å². The summed E-state index contributed by atoms with van der Waals surface area (Å²) in [6.45, 7) is 2.35. The summed E-state index contributed by atoms with van der Waals surface area (Å²) >= 11 is 9.09. The smallest absolute Gasteiger partial charge is 0.107 e. The van der Waals surface area contributed by atoms with E-state index in [1.807, 2.05) is 11.4 Å². The van der Waals surface area contributed by atoms with Crippen molar-refractivity contribution in [3.8, 4) is 11.3 Å². The van der Waals surface area contributed by atoms with Crippen molar-refractivity contribution in [1.29, 1.82) is 0 Å². The summed E-state index contributed by atoms with van der Waals surface area (Å²) in [6.07, 6.45) is 0. The third kappa shape index (κ3) is 3.76. The molecule has 0 fully saturated rings. The molecule has 0 bridgehead atoms. The van der Waals surface area contributed by atoms with Gasteiger partial charge in [0.2, 0.25) is 0 Å². The molecule has 6 heteroatoms. The number of nitrogens with one attached hydrogen (secondary N) is 1. The molecule has 0 amide bonds. The number of hydrogen-bond acceptors (Lipinski definition) is 5. The summed E-state index contributed by atoms with van der Waals surface area (Å²) in [4.78, 5) is 4.55. The number of rotatable bonds is 6. The number of halogens is 1. The number of ether oxygens (including phenoxy) is 1. The van der Waals surface area contributed by atoms with Crippen LogP contribution >= 0.6 is 34.3 Å². The molecule has 17 heavy (non-hydrogen) atoms. The van der Waals surface area contributed by atoms with Gasteiger partial charge < -0.3 is 10.1 Å². The van der Waals surface area contributed by atoms with E-state index >= 15 is 0 Å². The first kappa shape index (κ1) is 13.0. The molecule has 0 aliphatic heterocycles. The maximum atomic E-state index is 5.90. The Morgan fingerprint density at radius 1 is 1.41 bits per heavy atom. The van der Waals surface area contributed by atoms with Crippen molar-refractivity contribution in [2.24, 2.45) is 0 Å². The summed E-state index contributed by atoms with van der Waals surface area (Å²) in [7, 11) is 1.70. The highest BCUT2D eigenvalue weighted by molar-refractivity contribution is 7.14. The minimum absolute atomic E-state index is 0.721. The molecule has 0 radical (unpaired) electrons. The number of methoxy groups -OCH3 is 1. The minimum atomic E-state index is 0.721. The zero-order valence-corrected chi connectivity index (χ0v) is 11.8. The third-order valence-corrected chi connectivity index (χ3v) is 4.11. The fraction of sp³-hybridized carbons (Fsp3) is 0.364. The zero-order valence-electron chi connectivity index (χ0n) is 9.40. The Hall–Kier alpha value is -0.460. The van der Waals surface area contributed by atoms with Crippen LogP contribution < -0.4 is 5.32 Å². The molecular formula is C11H13ClN2OS2. The Labute approximate surface area is 113 Å². The molecule has 0 atom stereocenters. The van der Waals surface area contributed by atoms with Gasteiger partial charge >= 0.3 is 0 Å². The first-order chi connectivity index (χ1) is 8.29. The van der Waals surface area contributed by atoms with E-state index in [1.54, 1.807) is 18.4 Å². The number of thiophene rings is 1. The predicted octanol–water partition coefficient (Wildman–Crippen LogP) is 3.26.